The number of nitrogens with two attached hydrogens (primary N) is 1. The summed E-state index contributed by atoms with van der Waals surface area (Å²) in [5.74, 6) is 0.710. The number of H-pyrrole nitrogens is 1. The van der Waals surface area contributed by atoms with E-state index in [4.69, 9.17) is 5.73 Å². The molecule has 0 amide bonds. The van der Waals surface area contributed by atoms with Crippen molar-refractivity contribution < 1.29 is 0 Å². The molecule has 0 aliphatic rings. The predicted molar refractivity (Wildman–Crippen MR) is 59.3 cm³/mol. The molecule has 78 valence electrons. The average Bonchev–Trinajstić information content (AvgIpc) is 2.69. The third kappa shape index (κ3) is 2.25. The van der Waals surface area contributed by atoms with Crippen LogP contribution < -0.4 is 11.1 Å². The Balaban J connectivity index is 2.05. The van der Waals surface area contributed by atoms with Gasteiger partial charge in [0.05, 0.1) is 11.9 Å². The monoisotopic (exact) mass is 203 g/mol. The number of aryl methyl sites for hydroxylation is 1. The molecule has 2 aromatic heterocycles. The third-order valence-corrected chi connectivity index (χ3v) is 2.07. The van der Waals surface area contributed by atoms with Crippen LogP contribution in [0.3, 0.4) is 0 Å². The number of anilines is 2. The Bertz CT molecular complexity index is 435. The van der Waals surface area contributed by atoms with E-state index in [1.807, 2.05) is 19.2 Å². The molecule has 5 nitrogen and oxygen atoms in total. The minimum atomic E-state index is 0.663. The second kappa shape index (κ2) is 4.00. The molecule has 0 aliphatic carbocycles. The van der Waals surface area contributed by atoms with E-state index in [0.29, 0.717) is 18.1 Å². The van der Waals surface area contributed by atoms with Crippen LogP contribution in [0.5, 0.6) is 0 Å². The van der Waals surface area contributed by atoms with E-state index < -0.39 is 0 Å². The van der Waals surface area contributed by atoms with Gasteiger partial charge in [0.2, 0.25) is 0 Å². The number of nitrogen functional groups attached to an aromatic ring is 1. The van der Waals surface area contributed by atoms with Gasteiger partial charge in [-0.25, -0.2) is 4.98 Å². The van der Waals surface area contributed by atoms with Gasteiger partial charge in [-0.05, 0) is 18.6 Å². The highest BCUT2D eigenvalue weighted by Crippen LogP contribution is 2.16. The molecule has 0 spiro atoms. The van der Waals surface area contributed by atoms with Gasteiger partial charge in [0.15, 0.2) is 0 Å². The Morgan fingerprint density at radius 1 is 1.47 bits per heavy atom. The van der Waals surface area contributed by atoms with Crippen LogP contribution in [0.15, 0.2) is 24.7 Å². The topological polar surface area (TPSA) is 79.6 Å². The van der Waals surface area contributed by atoms with Crippen LogP contribution in [0.25, 0.3) is 0 Å². The van der Waals surface area contributed by atoms with Crippen molar-refractivity contribution in [3.05, 3.63) is 35.8 Å². The lowest BCUT2D eigenvalue weighted by atomic mass is 10.3. The van der Waals surface area contributed by atoms with E-state index in [0.717, 1.165) is 11.1 Å². The minimum Gasteiger partial charge on any atom is -0.396 e. The Morgan fingerprint density at radius 3 is 3.00 bits per heavy atom. The molecular weight excluding hydrogens is 190 g/mol. The van der Waals surface area contributed by atoms with E-state index in [-0.39, 0.29) is 0 Å². The lowest BCUT2D eigenvalue weighted by Crippen LogP contribution is -2.04. The normalized spacial score (nSPS) is 10.2. The Morgan fingerprint density at radius 2 is 2.33 bits per heavy atom. The summed E-state index contributed by atoms with van der Waals surface area (Å²) in [5.41, 5.74) is 8.60. The van der Waals surface area contributed by atoms with Crippen molar-refractivity contribution in [2.75, 3.05) is 11.1 Å². The maximum Gasteiger partial charge on any atom is 0.149 e. The third-order valence-electron chi connectivity index (χ3n) is 2.07. The second-order valence-electron chi connectivity index (χ2n) is 3.41. The van der Waals surface area contributed by atoms with Gasteiger partial charge >= 0.3 is 0 Å². The van der Waals surface area contributed by atoms with Crippen molar-refractivity contribution >= 4 is 11.5 Å². The Kier molecular flexibility index (Phi) is 2.53. The molecule has 0 unspecified atom stereocenters. The van der Waals surface area contributed by atoms with Crippen molar-refractivity contribution in [2.45, 2.75) is 13.5 Å². The zero-order valence-corrected chi connectivity index (χ0v) is 8.49. The van der Waals surface area contributed by atoms with E-state index >= 15 is 0 Å². The van der Waals surface area contributed by atoms with Gasteiger partial charge in [-0.2, -0.15) is 5.10 Å². The SMILES string of the molecule is Cc1cnc(NCc2cn[nH]c2)c(N)c1. The number of aromatic nitrogens is 3. The van der Waals surface area contributed by atoms with Gasteiger partial charge in [-0.1, -0.05) is 0 Å². The molecule has 0 saturated heterocycles. The molecular formula is C10H13N5. The average molecular weight is 203 g/mol. The quantitative estimate of drug-likeness (QED) is 0.702. The number of pyridine rings is 1. The highest BCUT2D eigenvalue weighted by atomic mass is 15.1. The van der Waals surface area contributed by atoms with Crippen LogP contribution in [0.4, 0.5) is 11.5 Å². The van der Waals surface area contributed by atoms with Gasteiger partial charge in [0.1, 0.15) is 5.82 Å². The first-order valence-electron chi connectivity index (χ1n) is 4.69. The number of nitrogens with zero attached hydrogens (tertiary/aromatic N) is 2. The molecule has 0 aromatic carbocycles. The maximum atomic E-state index is 5.81. The molecule has 2 rings (SSSR count). The van der Waals surface area contributed by atoms with Crippen molar-refractivity contribution in [3.63, 3.8) is 0 Å². The summed E-state index contributed by atoms with van der Waals surface area (Å²) >= 11 is 0. The first kappa shape index (κ1) is 9.51. The second-order valence-corrected chi connectivity index (χ2v) is 3.41. The van der Waals surface area contributed by atoms with Crippen molar-refractivity contribution in [1.82, 2.24) is 15.2 Å². The number of hydrogen-bond donors (Lipinski definition) is 3. The standard InChI is InChI=1S/C10H13N5/c1-7-2-9(11)10(12-3-7)13-4-8-5-14-15-6-8/h2-3,5-6H,4,11H2,1H3,(H,12,13)(H,14,15). The van der Waals surface area contributed by atoms with Crippen molar-refractivity contribution in [1.29, 1.82) is 0 Å². The molecule has 0 saturated carbocycles. The van der Waals surface area contributed by atoms with Gasteiger partial charge < -0.3 is 11.1 Å². The zero-order chi connectivity index (χ0) is 10.7. The smallest absolute Gasteiger partial charge is 0.149 e. The molecule has 5 heteroatoms. The maximum absolute atomic E-state index is 5.81. The fourth-order valence-electron chi connectivity index (χ4n) is 1.30. The van der Waals surface area contributed by atoms with E-state index in [9.17, 15) is 0 Å². The molecule has 2 heterocycles. The summed E-state index contributed by atoms with van der Waals surface area (Å²) in [4.78, 5) is 4.21. The van der Waals surface area contributed by atoms with Gasteiger partial charge in [0, 0.05) is 24.5 Å². The lowest BCUT2D eigenvalue weighted by Gasteiger charge is -2.07. The van der Waals surface area contributed by atoms with Gasteiger partial charge in [-0.15, -0.1) is 0 Å². The first-order valence-corrected chi connectivity index (χ1v) is 4.69. The predicted octanol–water partition coefficient (Wildman–Crippen LogP) is 1.31. The lowest BCUT2D eigenvalue weighted by molar-refractivity contribution is 1.09. The van der Waals surface area contributed by atoms with Gasteiger partial charge in [0.25, 0.3) is 0 Å². The van der Waals surface area contributed by atoms with Gasteiger partial charge in [-0.3, -0.25) is 5.10 Å². The number of hydrogen-bond acceptors (Lipinski definition) is 4. The van der Waals surface area contributed by atoms with Crippen molar-refractivity contribution in [2.24, 2.45) is 0 Å². The zero-order valence-electron chi connectivity index (χ0n) is 8.49. The summed E-state index contributed by atoms with van der Waals surface area (Å²) in [7, 11) is 0. The summed E-state index contributed by atoms with van der Waals surface area (Å²) in [6, 6.07) is 1.89. The number of rotatable bonds is 3. The summed E-state index contributed by atoms with van der Waals surface area (Å²) in [6.07, 6.45) is 5.38. The Labute approximate surface area is 87.7 Å². The van der Waals surface area contributed by atoms with E-state index in [1.165, 1.54) is 0 Å². The van der Waals surface area contributed by atoms with Crippen molar-refractivity contribution in [3.8, 4) is 0 Å². The van der Waals surface area contributed by atoms with Crippen LogP contribution in [0.1, 0.15) is 11.1 Å². The number of aromatic amines is 1. The highest BCUT2D eigenvalue weighted by molar-refractivity contribution is 5.61. The molecule has 0 atom stereocenters. The van der Waals surface area contributed by atoms with Crippen LogP contribution >= 0.6 is 0 Å². The molecule has 15 heavy (non-hydrogen) atoms. The Hall–Kier alpha value is -2.04. The summed E-state index contributed by atoms with van der Waals surface area (Å²) in [5, 5.41) is 9.75. The fraction of sp³-hybridized carbons (Fsp3) is 0.200. The van der Waals surface area contributed by atoms with E-state index in [1.54, 1.807) is 12.4 Å². The van der Waals surface area contributed by atoms with E-state index in [2.05, 4.69) is 20.5 Å². The fourth-order valence-corrected chi connectivity index (χ4v) is 1.30. The summed E-state index contributed by atoms with van der Waals surface area (Å²) in [6.45, 7) is 2.62. The minimum absolute atomic E-state index is 0.663. The largest absolute Gasteiger partial charge is 0.396 e. The number of nitrogens with one attached hydrogen (secondary N) is 2. The van der Waals surface area contributed by atoms with Crippen LogP contribution in [0.2, 0.25) is 0 Å². The molecule has 0 radical (unpaired) electrons. The highest BCUT2D eigenvalue weighted by Gasteiger charge is 2.00. The van der Waals surface area contributed by atoms with Crippen LogP contribution in [-0.4, -0.2) is 15.2 Å². The molecule has 0 fully saturated rings. The summed E-state index contributed by atoms with van der Waals surface area (Å²) < 4.78 is 0. The molecule has 0 bridgehead atoms. The van der Waals surface area contributed by atoms with Crippen LogP contribution in [0, 0.1) is 6.92 Å². The first-order chi connectivity index (χ1) is 7.25. The molecule has 4 N–H and O–H groups in total. The molecule has 0 aliphatic heterocycles. The molecule has 2 aromatic rings. The van der Waals surface area contributed by atoms with Crippen LogP contribution in [-0.2, 0) is 6.54 Å².